The number of carbonyl (C=O) groups excluding carboxylic acids is 1. The van der Waals surface area contributed by atoms with Crippen LogP contribution in [0.1, 0.15) is 15.9 Å². The SMILES string of the molecule is N#Cc1ccc2nccc(Oc3ccc(C(=O)Nc4cccc(Nc5ccncc5)c4)cc3)c2c1. The first-order valence-corrected chi connectivity index (χ1v) is 10.8. The monoisotopic (exact) mass is 457 g/mol. The minimum absolute atomic E-state index is 0.231. The van der Waals surface area contributed by atoms with E-state index >= 15 is 0 Å². The van der Waals surface area contributed by atoms with Gasteiger partial charge in [0.25, 0.3) is 5.91 Å². The number of hydrogen-bond donors (Lipinski definition) is 2. The van der Waals surface area contributed by atoms with Gasteiger partial charge in [0, 0.05) is 46.6 Å². The van der Waals surface area contributed by atoms with Crippen molar-refractivity contribution in [2.24, 2.45) is 0 Å². The van der Waals surface area contributed by atoms with Crippen LogP contribution in [0.4, 0.5) is 17.1 Å². The molecule has 35 heavy (non-hydrogen) atoms. The fraction of sp³-hybridized carbons (Fsp3) is 0. The molecular formula is C28H19N5O2. The Balaban J connectivity index is 1.28. The summed E-state index contributed by atoms with van der Waals surface area (Å²) >= 11 is 0. The van der Waals surface area contributed by atoms with Gasteiger partial charge in [0.1, 0.15) is 11.5 Å². The third kappa shape index (κ3) is 5.07. The fourth-order valence-corrected chi connectivity index (χ4v) is 3.56. The summed E-state index contributed by atoms with van der Waals surface area (Å²) < 4.78 is 6.02. The van der Waals surface area contributed by atoms with Gasteiger partial charge in [0.05, 0.1) is 17.1 Å². The first-order valence-electron chi connectivity index (χ1n) is 10.8. The number of anilines is 3. The molecule has 0 spiro atoms. The largest absolute Gasteiger partial charge is 0.457 e. The van der Waals surface area contributed by atoms with E-state index in [-0.39, 0.29) is 5.91 Å². The molecule has 0 atom stereocenters. The van der Waals surface area contributed by atoms with Crippen LogP contribution in [0.5, 0.6) is 11.5 Å². The molecule has 7 nitrogen and oxygen atoms in total. The number of hydrogen-bond acceptors (Lipinski definition) is 6. The number of amides is 1. The summed E-state index contributed by atoms with van der Waals surface area (Å²) in [6.07, 6.45) is 5.08. The van der Waals surface area contributed by atoms with Gasteiger partial charge in [0.15, 0.2) is 0 Å². The van der Waals surface area contributed by atoms with Crippen molar-refractivity contribution in [2.45, 2.75) is 0 Å². The number of nitriles is 1. The van der Waals surface area contributed by atoms with Crippen LogP contribution >= 0.6 is 0 Å². The molecule has 0 fully saturated rings. The Kier molecular flexibility index (Phi) is 6.01. The highest BCUT2D eigenvalue weighted by Gasteiger charge is 2.09. The van der Waals surface area contributed by atoms with E-state index in [1.165, 1.54) is 0 Å². The maximum Gasteiger partial charge on any atom is 0.255 e. The Labute approximate surface area is 201 Å². The van der Waals surface area contributed by atoms with E-state index in [1.54, 1.807) is 67.1 Å². The third-order valence-corrected chi connectivity index (χ3v) is 5.26. The van der Waals surface area contributed by atoms with E-state index in [1.807, 2.05) is 36.4 Å². The number of aromatic nitrogens is 2. The van der Waals surface area contributed by atoms with E-state index in [0.29, 0.717) is 28.3 Å². The second-order valence-electron chi connectivity index (χ2n) is 7.68. The van der Waals surface area contributed by atoms with Crippen molar-refractivity contribution in [1.82, 2.24) is 9.97 Å². The van der Waals surface area contributed by atoms with Crippen LogP contribution in [0.3, 0.4) is 0 Å². The highest BCUT2D eigenvalue weighted by Crippen LogP contribution is 2.29. The molecule has 0 aliphatic rings. The molecule has 2 heterocycles. The second kappa shape index (κ2) is 9.73. The van der Waals surface area contributed by atoms with Gasteiger partial charge in [-0.05, 0) is 78.9 Å². The minimum Gasteiger partial charge on any atom is -0.457 e. The maximum atomic E-state index is 12.8. The third-order valence-electron chi connectivity index (χ3n) is 5.26. The van der Waals surface area contributed by atoms with Gasteiger partial charge in [-0.25, -0.2) is 0 Å². The molecule has 0 aliphatic heterocycles. The molecule has 0 aliphatic carbocycles. The van der Waals surface area contributed by atoms with Crippen molar-refractivity contribution in [1.29, 1.82) is 5.26 Å². The van der Waals surface area contributed by atoms with Crippen LogP contribution < -0.4 is 15.4 Å². The number of pyridine rings is 2. The normalized spacial score (nSPS) is 10.4. The van der Waals surface area contributed by atoms with Crippen molar-refractivity contribution in [2.75, 3.05) is 10.6 Å². The Morgan fingerprint density at radius 1 is 0.829 bits per heavy atom. The van der Waals surface area contributed by atoms with E-state index in [2.05, 4.69) is 26.7 Å². The number of rotatable bonds is 6. The van der Waals surface area contributed by atoms with Crippen molar-refractivity contribution in [3.8, 4) is 17.6 Å². The van der Waals surface area contributed by atoms with Gasteiger partial charge in [-0.1, -0.05) is 6.07 Å². The standard InChI is InChI=1S/C28H19N5O2/c29-18-19-4-9-26-25(16-19)27(12-15-31-26)35-24-7-5-20(6-8-24)28(34)33-23-3-1-2-22(17-23)32-21-10-13-30-14-11-21/h1-17H,(H,30,32)(H,33,34). The molecule has 0 bridgehead atoms. The molecule has 5 aromatic rings. The van der Waals surface area contributed by atoms with Gasteiger partial charge in [-0.15, -0.1) is 0 Å². The lowest BCUT2D eigenvalue weighted by Crippen LogP contribution is -2.11. The zero-order valence-electron chi connectivity index (χ0n) is 18.5. The number of benzene rings is 3. The molecule has 0 saturated heterocycles. The molecule has 7 heteroatoms. The van der Waals surface area contributed by atoms with Gasteiger partial charge >= 0.3 is 0 Å². The van der Waals surface area contributed by atoms with E-state index in [4.69, 9.17) is 4.74 Å². The number of fused-ring (bicyclic) bond motifs is 1. The lowest BCUT2D eigenvalue weighted by atomic mass is 10.1. The zero-order valence-corrected chi connectivity index (χ0v) is 18.5. The highest BCUT2D eigenvalue weighted by atomic mass is 16.5. The molecule has 2 N–H and O–H groups in total. The minimum atomic E-state index is -0.231. The predicted octanol–water partition coefficient (Wildman–Crippen LogP) is 6.29. The topological polar surface area (TPSA) is 99.9 Å². The molecule has 3 aromatic carbocycles. The summed E-state index contributed by atoms with van der Waals surface area (Å²) in [5.41, 5.74) is 4.19. The zero-order chi connectivity index (χ0) is 24.0. The summed E-state index contributed by atoms with van der Waals surface area (Å²) in [5, 5.41) is 16.1. The van der Waals surface area contributed by atoms with Gasteiger partial charge in [-0.3, -0.25) is 14.8 Å². The van der Waals surface area contributed by atoms with Crippen LogP contribution in [-0.4, -0.2) is 15.9 Å². The van der Waals surface area contributed by atoms with Crippen LogP contribution in [0.25, 0.3) is 10.9 Å². The predicted molar refractivity (Wildman–Crippen MR) is 135 cm³/mol. The van der Waals surface area contributed by atoms with Crippen LogP contribution in [0.15, 0.2) is 104 Å². The van der Waals surface area contributed by atoms with Crippen LogP contribution in [0.2, 0.25) is 0 Å². The van der Waals surface area contributed by atoms with E-state index < -0.39 is 0 Å². The summed E-state index contributed by atoms with van der Waals surface area (Å²) in [7, 11) is 0. The Bertz CT molecular complexity index is 1540. The number of nitrogens with one attached hydrogen (secondary N) is 2. The fourth-order valence-electron chi connectivity index (χ4n) is 3.56. The molecule has 0 radical (unpaired) electrons. The molecule has 1 amide bonds. The number of ether oxygens (including phenoxy) is 1. The van der Waals surface area contributed by atoms with Crippen molar-refractivity contribution in [3.63, 3.8) is 0 Å². The Hall–Kier alpha value is -5.22. The van der Waals surface area contributed by atoms with E-state index in [9.17, 15) is 10.1 Å². The van der Waals surface area contributed by atoms with Crippen LogP contribution in [-0.2, 0) is 0 Å². The summed E-state index contributed by atoms with van der Waals surface area (Å²) in [5.74, 6) is 0.924. The molecule has 0 unspecified atom stereocenters. The number of nitrogens with zero attached hydrogens (tertiary/aromatic N) is 3. The maximum absolute atomic E-state index is 12.8. The molecular weight excluding hydrogens is 438 g/mol. The van der Waals surface area contributed by atoms with Gasteiger partial charge < -0.3 is 15.4 Å². The summed E-state index contributed by atoms with van der Waals surface area (Å²) in [6, 6.07) is 27.2. The molecule has 168 valence electrons. The average molecular weight is 457 g/mol. The van der Waals surface area contributed by atoms with Gasteiger partial charge in [-0.2, -0.15) is 5.26 Å². The number of carbonyl (C=O) groups is 1. The highest BCUT2D eigenvalue weighted by molar-refractivity contribution is 6.04. The Morgan fingerprint density at radius 2 is 1.63 bits per heavy atom. The van der Waals surface area contributed by atoms with E-state index in [0.717, 1.165) is 22.3 Å². The molecule has 5 rings (SSSR count). The van der Waals surface area contributed by atoms with Gasteiger partial charge in [0.2, 0.25) is 0 Å². The van der Waals surface area contributed by atoms with Crippen molar-refractivity contribution in [3.05, 3.63) is 115 Å². The molecule has 2 aromatic heterocycles. The second-order valence-corrected chi connectivity index (χ2v) is 7.68. The summed E-state index contributed by atoms with van der Waals surface area (Å²) in [4.78, 5) is 21.1. The first-order chi connectivity index (χ1) is 17.2. The molecule has 0 saturated carbocycles. The lowest BCUT2D eigenvalue weighted by Gasteiger charge is -2.11. The van der Waals surface area contributed by atoms with Crippen molar-refractivity contribution < 1.29 is 9.53 Å². The summed E-state index contributed by atoms with van der Waals surface area (Å²) in [6.45, 7) is 0. The smallest absolute Gasteiger partial charge is 0.255 e. The first kappa shape index (κ1) is 21.6. The quantitative estimate of drug-likeness (QED) is 0.311. The van der Waals surface area contributed by atoms with Crippen molar-refractivity contribution >= 4 is 33.9 Å². The average Bonchev–Trinajstić information content (AvgIpc) is 2.90. The van der Waals surface area contributed by atoms with Crippen LogP contribution in [0, 0.1) is 11.3 Å². The Morgan fingerprint density at radius 3 is 2.43 bits per heavy atom. The lowest BCUT2D eigenvalue weighted by molar-refractivity contribution is 0.102.